The minimum atomic E-state index is -0.292. The van der Waals surface area contributed by atoms with Crippen LogP contribution in [-0.2, 0) is 11.3 Å². The van der Waals surface area contributed by atoms with Gasteiger partial charge in [-0.25, -0.2) is 4.68 Å². The lowest BCUT2D eigenvalue weighted by Gasteiger charge is -2.09. The number of hydrogen-bond acceptors (Lipinski definition) is 5. The Morgan fingerprint density at radius 3 is 3.00 bits per heavy atom. The molecule has 0 amide bonds. The highest BCUT2D eigenvalue weighted by molar-refractivity contribution is 6.32. The average molecular weight is 276 g/mol. The number of aromatic nitrogens is 2. The second-order valence-corrected chi connectivity index (χ2v) is 4.04. The van der Waals surface area contributed by atoms with Crippen molar-refractivity contribution in [2.45, 2.75) is 19.9 Å². The smallest absolute Gasteiger partial charge is 0.287 e. The van der Waals surface area contributed by atoms with E-state index in [2.05, 4.69) is 10.4 Å². The third-order valence-corrected chi connectivity index (χ3v) is 2.58. The quantitative estimate of drug-likeness (QED) is 0.684. The molecule has 1 aromatic rings. The number of aliphatic hydroxyl groups excluding tert-OH is 1. The van der Waals surface area contributed by atoms with Gasteiger partial charge in [0.25, 0.3) is 5.56 Å². The SMILES string of the molecule is CCCn1ncc(NCCOCCO)c(Cl)c1=O. The summed E-state index contributed by atoms with van der Waals surface area (Å²) in [7, 11) is 0. The fourth-order valence-electron chi connectivity index (χ4n) is 1.38. The van der Waals surface area contributed by atoms with Crippen molar-refractivity contribution >= 4 is 17.3 Å². The lowest BCUT2D eigenvalue weighted by Crippen LogP contribution is -2.24. The standard InChI is InChI=1S/C11H18ClN3O3/c1-2-4-15-11(17)10(12)9(8-14-15)13-3-6-18-7-5-16/h8,13,16H,2-7H2,1H3. The van der Waals surface area contributed by atoms with Gasteiger partial charge in [0.2, 0.25) is 0 Å². The molecule has 2 N–H and O–H groups in total. The van der Waals surface area contributed by atoms with Crippen molar-refractivity contribution in [2.24, 2.45) is 0 Å². The molecule has 0 aromatic carbocycles. The van der Waals surface area contributed by atoms with Gasteiger partial charge in [-0.3, -0.25) is 4.79 Å². The predicted molar refractivity (Wildman–Crippen MR) is 70.2 cm³/mol. The van der Waals surface area contributed by atoms with Crippen LogP contribution in [0.15, 0.2) is 11.0 Å². The number of aryl methyl sites for hydroxylation is 1. The van der Waals surface area contributed by atoms with Crippen molar-refractivity contribution in [3.8, 4) is 0 Å². The first kappa shape index (κ1) is 14.9. The van der Waals surface area contributed by atoms with Gasteiger partial charge < -0.3 is 15.2 Å². The van der Waals surface area contributed by atoms with E-state index >= 15 is 0 Å². The monoisotopic (exact) mass is 275 g/mol. The molecule has 0 aliphatic heterocycles. The van der Waals surface area contributed by atoms with Crippen LogP contribution in [0.1, 0.15) is 13.3 Å². The number of aliphatic hydroxyl groups is 1. The molecule has 0 bridgehead atoms. The van der Waals surface area contributed by atoms with E-state index in [1.54, 1.807) is 0 Å². The van der Waals surface area contributed by atoms with Crippen molar-refractivity contribution in [2.75, 3.05) is 31.7 Å². The van der Waals surface area contributed by atoms with Gasteiger partial charge in [0, 0.05) is 13.1 Å². The first-order valence-corrected chi connectivity index (χ1v) is 6.26. The minimum Gasteiger partial charge on any atom is -0.394 e. The molecule has 0 atom stereocenters. The molecule has 0 fully saturated rings. The number of nitrogens with zero attached hydrogens (tertiary/aromatic N) is 2. The molecule has 6 nitrogen and oxygen atoms in total. The van der Waals surface area contributed by atoms with E-state index < -0.39 is 0 Å². The van der Waals surface area contributed by atoms with Crippen molar-refractivity contribution in [1.29, 1.82) is 0 Å². The van der Waals surface area contributed by atoms with Gasteiger partial charge in [0.1, 0.15) is 5.02 Å². The topological polar surface area (TPSA) is 76.4 Å². The summed E-state index contributed by atoms with van der Waals surface area (Å²) >= 11 is 5.96. The molecule has 1 aromatic heterocycles. The zero-order chi connectivity index (χ0) is 13.4. The Hall–Kier alpha value is -1.11. The Morgan fingerprint density at radius 2 is 2.33 bits per heavy atom. The predicted octanol–water partition coefficient (Wildman–Crippen LogP) is 0.728. The maximum atomic E-state index is 11.8. The van der Waals surface area contributed by atoms with Gasteiger partial charge in [-0.15, -0.1) is 0 Å². The van der Waals surface area contributed by atoms with Gasteiger partial charge >= 0.3 is 0 Å². The molecular weight excluding hydrogens is 258 g/mol. The van der Waals surface area contributed by atoms with Crippen LogP contribution >= 0.6 is 11.6 Å². The molecule has 0 aliphatic carbocycles. The molecule has 0 radical (unpaired) electrons. The zero-order valence-electron chi connectivity index (χ0n) is 10.4. The van der Waals surface area contributed by atoms with Crippen molar-refractivity contribution < 1.29 is 9.84 Å². The highest BCUT2D eigenvalue weighted by atomic mass is 35.5. The Morgan fingerprint density at radius 1 is 1.56 bits per heavy atom. The van der Waals surface area contributed by atoms with Crippen molar-refractivity contribution in [3.63, 3.8) is 0 Å². The summed E-state index contributed by atoms with van der Waals surface area (Å²) in [5, 5.41) is 15.7. The second kappa shape index (κ2) is 8.07. The summed E-state index contributed by atoms with van der Waals surface area (Å²) in [5.74, 6) is 0. The number of rotatable bonds is 8. The summed E-state index contributed by atoms with van der Waals surface area (Å²) in [6.07, 6.45) is 2.36. The van der Waals surface area contributed by atoms with Crippen LogP contribution in [0.2, 0.25) is 5.02 Å². The summed E-state index contributed by atoms with van der Waals surface area (Å²) in [6, 6.07) is 0. The number of anilines is 1. The number of nitrogens with one attached hydrogen (secondary N) is 1. The third-order valence-electron chi connectivity index (χ3n) is 2.22. The summed E-state index contributed by atoms with van der Waals surface area (Å²) in [4.78, 5) is 11.8. The Bertz CT molecular complexity index is 422. The Kier molecular flexibility index (Phi) is 6.70. The maximum Gasteiger partial charge on any atom is 0.287 e. The zero-order valence-corrected chi connectivity index (χ0v) is 11.1. The van der Waals surface area contributed by atoms with Gasteiger partial charge in [-0.1, -0.05) is 18.5 Å². The number of halogens is 1. The highest BCUT2D eigenvalue weighted by Gasteiger charge is 2.07. The lowest BCUT2D eigenvalue weighted by atomic mass is 10.4. The molecule has 0 saturated heterocycles. The van der Waals surface area contributed by atoms with Crippen LogP contribution in [0.25, 0.3) is 0 Å². The van der Waals surface area contributed by atoms with Crippen LogP contribution in [-0.4, -0.2) is 41.3 Å². The van der Waals surface area contributed by atoms with Crippen LogP contribution in [0.3, 0.4) is 0 Å². The molecule has 102 valence electrons. The van der Waals surface area contributed by atoms with E-state index in [4.69, 9.17) is 21.4 Å². The van der Waals surface area contributed by atoms with Gasteiger partial charge in [0.05, 0.1) is 31.7 Å². The van der Waals surface area contributed by atoms with Crippen LogP contribution in [0, 0.1) is 0 Å². The van der Waals surface area contributed by atoms with Gasteiger partial charge in [0.15, 0.2) is 0 Å². The largest absolute Gasteiger partial charge is 0.394 e. The Balaban J connectivity index is 2.57. The van der Waals surface area contributed by atoms with E-state index in [0.717, 1.165) is 6.42 Å². The molecule has 1 heterocycles. The van der Waals surface area contributed by atoms with Gasteiger partial charge in [-0.2, -0.15) is 5.10 Å². The van der Waals surface area contributed by atoms with Crippen LogP contribution in [0.4, 0.5) is 5.69 Å². The van der Waals surface area contributed by atoms with Crippen LogP contribution < -0.4 is 10.9 Å². The molecular formula is C11H18ClN3O3. The lowest BCUT2D eigenvalue weighted by molar-refractivity contribution is 0.0992. The van der Waals surface area contributed by atoms with Crippen LogP contribution in [0.5, 0.6) is 0 Å². The van der Waals surface area contributed by atoms with E-state index in [1.807, 2.05) is 6.92 Å². The number of hydrogen-bond donors (Lipinski definition) is 2. The first-order chi connectivity index (χ1) is 8.70. The van der Waals surface area contributed by atoms with Crippen molar-refractivity contribution in [1.82, 2.24) is 9.78 Å². The molecule has 1 rings (SSSR count). The molecule has 0 saturated carbocycles. The normalized spacial score (nSPS) is 10.6. The second-order valence-electron chi connectivity index (χ2n) is 3.66. The average Bonchev–Trinajstić information content (AvgIpc) is 2.37. The molecule has 0 aliphatic rings. The minimum absolute atomic E-state index is 0.00459. The highest BCUT2D eigenvalue weighted by Crippen LogP contribution is 2.14. The summed E-state index contributed by atoms with van der Waals surface area (Å²) < 4.78 is 6.42. The molecule has 0 unspecified atom stereocenters. The van der Waals surface area contributed by atoms with E-state index in [1.165, 1.54) is 10.9 Å². The van der Waals surface area contributed by atoms with Crippen molar-refractivity contribution in [3.05, 3.63) is 21.6 Å². The van der Waals surface area contributed by atoms with Gasteiger partial charge in [-0.05, 0) is 6.42 Å². The third kappa shape index (κ3) is 4.29. The first-order valence-electron chi connectivity index (χ1n) is 5.88. The van der Waals surface area contributed by atoms with E-state index in [0.29, 0.717) is 32.0 Å². The summed E-state index contributed by atoms with van der Waals surface area (Å²) in [6.45, 7) is 3.74. The molecule has 0 spiro atoms. The molecule has 7 heteroatoms. The van der Waals surface area contributed by atoms with E-state index in [9.17, 15) is 4.79 Å². The maximum absolute atomic E-state index is 11.8. The fraction of sp³-hybridized carbons (Fsp3) is 0.636. The summed E-state index contributed by atoms with van der Waals surface area (Å²) in [5.41, 5.74) is 0.210. The molecule has 18 heavy (non-hydrogen) atoms. The number of ether oxygens (including phenoxy) is 1. The van der Waals surface area contributed by atoms with E-state index in [-0.39, 0.29) is 17.2 Å². The Labute approximate surface area is 111 Å². The fourth-order valence-corrected chi connectivity index (χ4v) is 1.60.